The van der Waals surface area contributed by atoms with Crippen molar-refractivity contribution in [2.75, 3.05) is 0 Å². The van der Waals surface area contributed by atoms with Gasteiger partial charge in [0.25, 0.3) is 0 Å². The maximum absolute atomic E-state index is 13.4. The van der Waals surface area contributed by atoms with E-state index >= 15 is 0 Å². The molecule has 17 heteroatoms. The van der Waals surface area contributed by atoms with Crippen LogP contribution in [0.4, 0.5) is 48.3 Å². The van der Waals surface area contributed by atoms with Gasteiger partial charge in [-0.05, 0) is 24.3 Å². The van der Waals surface area contributed by atoms with E-state index in [1.165, 1.54) is 0 Å². The normalized spacial score (nSPS) is 14.8. The fourth-order valence-corrected chi connectivity index (χ4v) is 1.88. The van der Waals surface area contributed by atoms with E-state index in [9.17, 15) is 61.3 Å². The Balaban J connectivity index is 0.00000784. The second kappa shape index (κ2) is 8.56. The predicted molar refractivity (Wildman–Crippen MR) is 65.2 cm³/mol. The van der Waals surface area contributed by atoms with Gasteiger partial charge in [-0.1, -0.05) is 0 Å². The van der Waals surface area contributed by atoms with E-state index in [2.05, 4.69) is 4.74 Å². The Morgan fingerprint density at radius 3 is 1.52 bits per heavy atom. The number of halogens is 11. The third-order valence-electron chi connectivity index (χ3n) is 2.82. The average Bonchev–Trinajstić information content (AvgIpc) is 2.51. The van der Waals surface area contributed by atoms with E-state index in [1.807, 2.05) is 0 Å². The molecular weight excluding hydrogens is 472 g/mol. The van der Waals surface area contributed by atoms with Crippen LogP contribution >= 0.6 is 0 Å². The van der Waals surface area contributed by atoms with Gasteiger partial charge in [-0.3, -0.25) is 0 Å². The summed E-state index contributed by atoms with van der Waals surface area (Å²) < 4.78 is 175. The molecule has 0 N–H and O–H groups in total. The van der Waals surface area contributed by atoms with Gasteiger partial charge in [0.05, 0.1) is 4.90 Å². The largest absolute Gasteiger partial charge is 1.00 e. The molecule has 0 fully saturated rings. The van der Waals surface area contributed by atoms with Crippen LogP contribution in [0.5, 0.6) is 5.75 Å². The van der Waals surface area contributed by atoms with E-state index in [-0.39, 0.29) is 53.8 Å². The van der Waals surface area contributed by atoms with Crippen molar-refractivity contribution in [3.63, 3.8) is 0 Å². The summed E-state index contributed by atoms with van der Waals surface area (Å²) in [6, 6.07) is 0.904. The topological polar surface area (TPSA) is 66.4 Å². The zero-order chi connectivity index (χ0) is 22.3. The van der Waals surface area contributed by atoms with Crippen LogP contribution in [0.25, 0.3) is 0 Å². The number of benzene rings is 1. The summed E-state index contributed by atoms with van der Waals surface area (Å²) >= 11 is 0. The van der Waals surface area contributed by atoms with Gasteiger partial charge < -0.3 is 9.29 Å². The Kier molecular flexibility index (Phi) is 8.24. The van der Waals surface area contributed by atoms with Gasteiger partial charge in [0.15, 0.2) is 0 Å². The van der Waals surface area contributed by atoms with Crippen molar-refractivity contribution < 1.29 is 95.6 Å². The third kappa shape index (κ3) is 5.74. The molecule has 1 rings (SSSR count). The van der Waals surface area contributed by atoms with Gasteiger partial charge in [0, 0.05) is 0 Å². The number of ether oxygens (including phenoxy) is 1. The third-order valence-corrected chi connectivity index (χ3v) is 3.67. The molecule has 0 aliphatic heterocycles. The molecule has 0 aliphatic carbocycles. The van der Waals surface area contributed by atoms with E-state index < -0.39 is 56.5 Å². The molecule has 29 heavy (non-hydrogen) atoms. The molecule has 0 saturated carbocycles. The summed E-state index contributed by atoms with van der Waals surface area (Å²) in [4.78, 5) is -1.04. The van der Waals surface area contributed by atoms with Gasteiger partial charge >= 0.3 is 53.7 Å². The fourth-order valence-electron chi connectivity index (χ4n) is 1.41. The molecule has 0 radical (unpaired) electrons. The van der Waals surface area contributed by atoms with Crippen LogP contribution in [0.3, 0.4) is 0 Å². The molecule has 160 valence electrons. The van der Waals surface area contributed by atoms with Gasteiger partial charge in [0.1, 0.15) is 15.9 Å². The zero-order valence-electron chi connectivity index (χ0n) is 13.5. The second-order valence-corrected chi connectivity index (χ2v) is 6.20. The molecule has 0 unspecified atom stereocenters. The van der Waals surface area contributed by atoms with Crippen molar-refractivity contribution in [1.29, 1.82) is 0 Å². The molecule has 0 amide bonds. The molecule has 0 saturated heterocycles. The molecule has 0 atom stereocenters. The first-order chi connectivity index (χ1) is 12.2. The average molecular weight is 476 g/mol. The molecule has 0 aliphatic rings. The van der Waals surface area contributed by atoms with Crippen LogP contribution in [-0.2, 0) is 10.1 Å². The van der Waals surface area contributed by atoms with Crippen molar-refractivity contribution in [3.05, 3.63) is 35.9 Å². The fraction of sp³-hybridized carbons (Fsp3) is 0.333. The predicted octanol–water partition coefficient (Wildman–Crippen LogP) is 1.55. The minimum atomic E-state index is -6.92. The first-order valence-electron chi connectivity index (χ1n) is 6.26. The Morgan fingerprint density at radius 2 is 1.17 bits per heavy atom. The monoisotopic (exact) mass is 476 g/mol. The van der Waals surface area contributed by atoms with Gasteiger partial charge in [-0.15, -0.1) is 0 Å². The molecule has 1 aromatic rings. The van der Waals surface area contributed by atoms with Crippen molar-refractivity contribution in [2.24, 2.45) is 0 Å². The quantitative estimate of drug-likeness (QED) is 0.355. The smallest absolute Gasteiger partial charge is 0.744 e. The molecule has 1 aromatic carbocycles. The van der Waals surface area contributed by atoms with Crippen molar-refractivity contribution in [1.82, 2.24) is 0 Å². The number of rotatable bonds is 6. The molecule has 0 aromatic heterocycles. The summed E-state index contributed by atoms with van der Waals surface area (Å²) in [6.07, 6.45) is -13.1. The molecule has 0 spiro atoms. The van der Waals surface area contributed by atoms with E-state index in [1.54, 1.807) is 0 Å². The Labute approximate surface area is 176 Å². The number of alkyl halides is 9. The Bertz CT molecular complexity index is 863. The summed E-state index contributed by atoms with van der Waals surface area (Å²) in [7, 11) is -5.09. The maximum atomic E-state index is 13.4. The van der Waals surface area contributed by atoms with Gasteiger partial charge in [-0.2, -0.15) is 39.5 Å². The van der Waals surface area contributed by atoms with Crippen LogP contribution < -0.4 is 34.3 Å². The SMILES string of the molecule is O=S(=O)([O-])c1ccc(OC(F)(F)C(F)(F)/C(F)=C(\F)C(F)(F)C(F)(F)F)cc1.[Na+]. The Hall–Kier alpha value is -1.10. The summed E-state index contributed by atoms with van der Waals surface area (Å²) in [5.41, 5.74) is 0. The van der Waals surface area contributed by atoms with Crippen molar-refractivity contribution in [3.8, 4) is 5.75 Å². The number of hydrogen-bond donors (Lipinski definition) is 0. The second-order valence-electron chi connectivity index (χ2n) is 4.82. The number of allylic oxidation sites excluding steroid dienone is 1. The van der Waals surface area contributed by atoms with Crippen LogP contribution in [0.2, 0.25) is 0 Å². The number of hydrogen-bond acceptors (Lipinski definition) is 4. The summed E-state index contributed by atoms with van der Waals surface area (Å²) in [5.74, 6) is -23.8. The van der Waals surface area contributed by atoms with Gasteiger partial charge in [0.2, 0.25) is 11.7 Å². The molecule has 0 bridgehead atoms. The summed E-state index contributed by atoms with van der Waals surface area (Å²) in [6.45, 7) is 0. The molecule has 0 heterocycles. The zero-order valence-corrected chi connectivity index (χ0v) is 16.3. The Morgan fingerprint density at radius 1 is 0.793 bits per heavy atom. The first kappa shape index (κ1) is 27.9. The maximum Gasteiger partial charge on any atom is 1.00 e. The van der Waals surface area contributed by atoms with E-state index in [0.717, 1.165) is 0 Å². The van der Waals surface area contributed by atoms with E-state index in [0.29, 0.717) is 0 Å². The molecule has 4 nitrogen and oxygen atoms in total. The van der Waals surface area contributed by atoms with Gasteiger partial charge in [-0.25, -0.2) is 17.2 Å². The van der Waals surface area contributed by atoms with Crippen molar-refractivity contribution >= 4 is 10.1 Å². The first-order valence-corrected chi connectivity index (χ1v) is 7.67. The minimum absolute atomic E-state index is 0. The van der Waals surface area contributed by atoms with Crippen LogP contribution in [0, 0.1) is 0 Å². The minimum Gasteiger partial charge on any atom is -0.744 e. The van der Waals surface area contributed by atoms with Crippen LogP contribution in [0.1, 0.15) is 0 Å². The van der Waals surface area contributed by atoms with Crippen LogP contribution in [0.15, 0.2) is 40.8 Å². The van der Waals surface area contributed by atoms with E-state index in [4.69, 9.17) is 0 Å². The standard InChI is InChI=1S/C12H5F11O4S.Na/c13-7(9(15,16)11(19,20)21)8(14)10(17,18)12(22,23)27-5-1-3-6(4-2-5)28(24,25)26;/h1-4H,(H,24,25,26);/q;+1/p-1/b8-7+;. The summed E-state index contributed by atoms with van der Waals surface area (Å²) in [5, 5.41) is 0. The molecular formula is C12H4F11NaO4S. The van der Waals surface area contributed by atoms with Crippen molar-refractivity contribution in [2.45, 2.75) is 29.0 Å². The van der Waals surface area contributed by atoms with Crippen LogP contribution in [-0.4, -0.2) is 37.1 Å².